The molecular formula is C9H7F3O. The highest BCUT2D eigenvalue weighted by molar-refractivity contribution is 5.60. The molecule has 1 nitrogen and oxygen atoms in total. The number of rotatable bonds is 2. The molecule has 4 heteroatoms. The van der Waals surface area contributed by atoms with Gasteiger partial charge in [-0.1, -0.05) is 19.2 Å². The Morgan fingerprint density at radius 2 is 1.85 bits per heavy atom. The molecule has 0 aliphatic heterocycles. The van der Waals surface area contributed by atoms with Gasteiger partial charge in [0.1, 0.15) is 5.76 Å². The first-order valence-corrected chi connectivity index (χ1v) is 3.45. The Morgan fingerprint density at radius 3 is 2.15 bits per heavy atom. The van der Waals surface area contributed by atoms with Gasteiger partial charge in [0.05, 0.1) is 0 Å². The van der Waals surface area contributed by atoms with Gasteiger partial charge in [0.2, 0.25) is 5.76 Å². The minimum Gasteiger partial charge on any atom is -0.452 e. The minimum absolute atomic E-state index is 0.0855. The van der Waals surface area contributed by atoms with E-state index < -0.39 is 11.9 Å². The molecule has 0 atom stereocenters. The van der Waals surface area contributed by atoms with E-state index in [-0.39, 0.29) is 5.76 Å². The van der Waals surface area contributed by atoms with Crippen LogP contribution in [0.3, 0.4) is 0 Å². The maximum absolute atomic E-state index is 12.1. The van der Waals surface area contributed by atoms with Crippen LogP contribution in [-0.4, -0.2) is 0 Å². The van der Waals surface area contributed by atoms with Crippen molar-refractivity contribution in [2.45, 2.75) is 6.18 Å². The zero-order valence-corrected chi connectivity index (χ0v) is 6.69. The highest BCUT2D eigenvalue weighted by Gasteiger charge is 2.35. The zero-order valence-electron chi connectivity index (χ0n) is 6.69. The molecule has 0 unspecified atom stereocenters. The van der Waals surface area contributed by atoms with Gasteiger partial charge in [-0.25, -0.2) is 0 Å². The van der Waals surface area contributed by atoms with E-state index >= 15 is 0 Å². The largest absolute Gasteiger partial charge is 0.452 e. The molecule has 13 heavy (non-hydrogen) atoms. The van der Waals surface area contributed by atoms with E-state index in [9.17, 15) is 13.2 Å². The highest BCUT2D eigenvalue weighted by Crippen LogP contribution is 2.33. The summed E-state index contributed by atoms with van der Waals surface area (Å²) >= 11 is 0. The second-order valence-electron chi connectivity index (χ2n) is 2.34. The van der Waals surface area contributed by atoms with Gasteiger partial charge in [0.15, 0.2) is 0 Å². The highest BCUT2D eigenvalue weighted by atomic mass is 19.4. The Balaban J connectivity index is 3.21. The van der Waals surface area contributed by atoms with Crippen LogP contribution in [0.15, 0.2) is 23.6 Å². The van der Waals surface area contributed by atoms with Crippen molar-refractivity contribution in [2.75, 3.05) is 0 Å². The van der Waals surface area contributed by atoms with Crippen LogP contribution >= 0.6 is 0 Å². The number of furan rings is 1. The standard InChI is InChI=1S/C9H7F3O/c1-3-6-5-8(9(10,11)12)13-7(6)4-2/h3-5H,1-2H2. The van der Waals surface area contributed by atoms with Crippen LogP contribution < -0.4 is 0 Å². The molecule has 0 N–H and O–H groups in total. The lowest BCUT2D eigenvalue weighted by atomic mass is 10.2. The first-order chi connectivity index (χ1) is 5.99. The minimum atomic E-state index is -4.46. The summed E-state index contributed by atoms with van der Waals surface area (Å²) in [5.41, 5.74) is 0.294. The third kappa shape index (κ3) is 1.83. The first-order valence-electron chi connectivity index (χ1n) is 3.45. The molecule has 0 bridgehead atoms. The third-order valence-corrected chi connectivity index (χ3v) is 1.48. The van der Waals surface area contributed by atoms with Crippen LogP contribution in [0.5, 0.6) is 0 Å². The Hall–Kier alpha value is -1.45. The van der Waals surface area contributed by atoms with E-state index in [0.29, 0.717) is 5.56 Å². The van der Waals surface area contributed by atoms with Gasteiger partial charge in [0, 0.05) is 5.56 Å². The van der Waals surface area contributed by atoms with Crippen LogP contribution in [0, 0.1) is 0 Å². The molecule has 1 rings (SSSR count). The first kappa shape index (κ1) is 9.64. The van der Waals surface area contributed by atoms with Gasteiger partial charge >= 0.3 is 6.18 Å². The fourth-order valence-electron chi connectivity index (χ4n) is 0.878. The smallest absolute Gasteiger partial charge is 0.449 e. The zero-order chi connectivity index (χ0) is 10.1. The Labute approximate surface area is 73.2 Å². The van der Waals surface area contributed by atoms with Crippen molar-refractivity contribution in [3.63, 3.8) is 0 Å². The fraction of sp³-hybridized carbons (Fsp3) is 0.111. The summed E-state index contributed by atoms with van der Waals surface area (Å²) < 4.78 is 40.8. The topological polar surface area (TPSA) is 13.1 Å². The van der Waals surface area contributed by atoms with Gasteiger partial charge in [-0.3, -0.25) is 0 Å². The Morgan fingerprint density at radius 1 is 1.23 bits per heavy atom. The van der Waals surface area contributed by atoms with Crippen molar-refractivity contribution < 1.29 is 17.6 Å². The van der Waals surface area contributed by atoms with E-state index in [1.165, 1.54) is 12.2 Å². The van der Waals surface area contributed by atoms with Crippen molar-refractivity contribution in [1.82, 2.24) is 0 Å². The molecule has 0 fully saturated rings. The maximum Gasteiger partial charge on any atom is 0.449 e. The second-order valence-corrected chi connectivity index (χ2v) is 2.34. The molecule has 1 aromatic rings. The molecule has 1 aromatic heterocycles. The summed E-state index contributed by atoms with van der Waals surface area (Å²) in [5.74, 6) is -0.945. The van der Waals surface area contributed by atoms with E-state index in [2.05, 4.69) is 17.6 Å². The van der Waals surface area contributed by atoms with Gasteiger partial charge in [0.25, 0.3) is 0 Å². The van der Waals surface area contributed by atoms with Crippen molar-refractivity contribution in [3.05, 3.63) is 36.3 Å². The van der Waals surface area contributed by atoms with Gasteiger partial charge < -0.3 is 4.42 Å². The van der Waals surface area contributed by atoms with E-state index in [4.69, 9.17) is 0 Å². The molecule has 0 aromatic carbocycles. The molecule has 0 saturated carbocycles. The number of halogens is 3. The molecule has 0 amide bonds. The summed E-state index contributed by atoms with van der Waals surface area (Å²) in [6.07, 6.45) is -1.96. The number of hydrogen-bond donors (Lipinski definition) is 0. The van der Waals surface area contributed by atoms with Crippen molar-refractivity contribution in [1.29, 1.82) is 0 Å². The van der Waals surface area contributed by atoms with Crippen LogP contribution in [0.4, 0.5) is 13.2 Å². The molecule has 0 spiro atoms. The molecule has 1 heterocycles. The maximum atomic E-state index is 12.1. The van der Waals surface area contributed by atoms with Gasteiger partial charge in [-0.05, 0) is 12.1 Å². The normalized spacial score (nSPS) is 11.3. The molecule has 0 saturated heterocycles. The molecule has 0 aliphatic carbocycles. The summed E-state index contributed by atoms with van der Waals surface area (Å²) in [6, 6.07) is 0.893. The Kier molecular flexibility index (Phi) is 2.32. The van der Waals surface area contributed by atoms with Crippen molar-refractivity contribution >= 4 is 12.2 Å². The summed E-state index contributed by atoms with van der Waals surface area (Å²) in [5, 5.41) is 0. The van der Waals surface area contributed by atoms with Crippen LogP contribution in [0.25, 0.3) is 12.2 Å². The average molecular weight is 188 g/mol. The van der Waals surface area contributed by atoms with Gasteiger partial charge in [-0.2, -0.15) is 13.2 Å². The molecular weight excluding hydrogens is 181 g/mol. The lowest BCUT2D eigenvalue weighted by Gasteiger charge is -1.99. The van der Waals surface area contributed by atoms with Crippen LogP contribution in [-0.2, 0) is 6.18 Å². The fourth-order valence-corrected chi connectivity index (χ4v) is 0.878. The van der Waals surface area contributed by atoms with Crippen molar-refractivity contribution in [2.24, 2.45) is 0 Å². The van der Waals surface area contributed by atoms with Crippen molar-refractivity contribution in [3.8, 4) is 0 Å². The number of alkyl halides is 3. The predicted octanol–water partition coefficient (Wildman–Crippen LogP) is 3.58. The van der Waals surface area contributed by atoms with E-state index in [1.54, 1.807) is 0 Å². The van der Waals surface area contributed by atoms with Crippen LogP contribution in [0.1, 0.15) is 17.1 Å². The predicted molar refractivity (Wildman–Crippen MR) is 43.9 cm³/mol. The quantitative estimate of drug-likeness (QED) is 0.691. The van der Waals surface area contributed by atoms with Gasteiger partial charge in [-0.15, -0.1) is 0 Å². The lowest BCUT2D eigenvalue weighted by Crippen LogP contribution is -2.02. The second kappa shape index (κ2) is 3.12. The SMILES string of the molecule is C=Cc1cc(C(F)(F)F)oc1C=C. The Bertz CT molecular complexity index is 308. The molecule has 70 valence electrons. The summed E-state index contributed by atoms with van der Waals surface area (Å²) in [4.78, 5) is 0. The molecule has 0 radical (unpaired) electrons. The number of hydrogen-bond acceptors (Lipinski definition) is 1. The summed E-state index contributed by atoms with van der Waals surface area (Å²) in [7, 11) is 0. The van der Waals surface area contributed by atoms with E-state index in [0.717, 1.165) is 6.07 Å². The third-order valence-electron chi connectivity index (χ3n) is 1.48. The molecule has 0 aliphatic rings. The monoisotopic (exact) mass is 188 g/mol. The average Bonchev–Trinajstić information content (AvgIpc) is 2.45. The lowest BCUT2D eigenvalue weighted by molar-refractivity contribution is -0.153. The van der Waals surface area contributed by atoms with Crippen LogP contribution in [0.2, 0.25) is 0 Å². The van der Waals surface area contributed by atoms with E-state index in [1.807, 2.05) is 0 Å². The summed E-state index contributed by atoms with van der Waals surface area (Å²) in [6.45, 7) is 6.69.